The van der Waals surface area contributed by atoms with Crippen molar-refractivity contribution in [2.45, 2.75) is 38.7 Å². The van der Waals surface area contributed by atoms with E-state index in [0.29, 0.717) is 0 Å². The molecular formula is C20H24BNO. The first-order chi connectivity index (χ1) is 11.0. The van der Waals surface area contributed by atoms with Gasteiger partial charge in [0.25, 0.3) is 0 Å². The van der Waals surface area contributed by atoms with Crippen LogP contribution in [-0.2, 0) is 10.2 Å². The Labute approximate surface area is 140 Å². The molecule has 118 valence electrons. The summed E-state index contributed by atoms with van der Waals surface area (Å²) >= 11 is 0. The van der Waals surface area contributed by atoms with Gasteiger partial charge in [0.1, 0.15) is 5.76 Å². The van der Waals surface area contributed by atoms with Gasteiger partial charge >= 0.3 is 0 Å². The maximum Gasteiger partial charge on any atom is 0.238 e. The van der Waals surface area contributed by atoms with Crippen molar-refractivity contribution >= 4 is 13.1 Å². The lowest BCUT2D eigenvalue weighted by Crippen LogP contribution is -2.57. The summed E-state index contributed by atoms with van der Waals surface area (Å²) < 4.78 is 6.64. The standard InChI is InChI=1S/C20H24BNO/c1-6-10-18-15(7-2)13-14-20(23-18)19(3,4)16-11-8-9-12-17(16)22(20)21-5/h6-14,21H,2H2,1,3-5H3/b10-6-. The molecule has 2 nitrogen and oxygen atoms in total. The van der Waals surface area contributed by atoms with Crippen LogP contribution in [0.25, 0.3) is 0 Å². The molecule has 2 aliphatic heterocycles. The van der Waals surface area contributed by atoms with Crippen molar-refractivity contribution in [1.29, 1.82) is 0 Å². The number of allylic oxidation sites excluding steroid dienone is 5. The Balaban J connectivity index is 2.18. The summed E-state index contributed by atoms with van der Waals surface area (Å²) in [4.78, 5) is 2.36. The molecule has 2 aliphatic rings. The largest absolute Gasteiger partial charge is 0.464 e. The number of para-hydroxylation sites is 1. The number of ether oxygens (including phenoxy) is 1. The average Bonchev–Trinajstić information content (AvgIpc) is 2.73. The molecule has 0 saturated carbocycles. The predicted octanol–water partition coefficient (Wildman–Crippen LogP) is 4.48. The van der Waals surface area contributed by atoms with Crippen LogP contribution >= 0.6 is 0 Å². The fraction of sp³-hybridized carbons (Fsp3) is 0.300. The predicted molar refractivity (Wildman–Crippen MR) is 100.0 cm³/mol. The molecule has 1 unspecified atom stereocenters. The third-order valence-corrected chi connectivity index (χ3v) is 5.06. The minimum absolute atomic E-state index is 0.157. The minimum atomic E-state index is -0.507. The summed E-state index contributed by atoms with van der Waals surface area (Å²) in [5.74, 6) is 0.879. The Bertz CT molecular complexity index is 729. The van der Waals surface area contributed by atoms with Crippen LogP contribution in [0, 0.1) is 0 Å². The molecule has 0 N–H and O–H groups in total. The lowest BCUT2D eigenvalue weighted by molar-refractivity contribution is 0.00784. The zero-order valence-electron chi connectivity index (χ0n) is 14.5. The van der Waals surface area contributed by atoms with Crippen molar-refractivity contribution in [3.63, 3.8) is 0 Å². The lowest BCUT2D eigenvalue weighted by atomic mass is 9.75. The van der Waals surface area contributed by atoms with Crippen molar-refractivity contribution in [2.24, 2.45) is 0 Å². The van der Waals surface area contributed by atoms with Crippen LogP contribution < -0.4 is 4.81 Å². The number of anilines is 1. The average molecular weight is 305 g/mol. The Morgan fingerprint density at radius 1 is 1.26 bits per heavy atom. The Hall–Kier alpha value is -2.16. The smallest absolute Gasteiger partial charge is 0.238 e. The number of nitrogens with zero attached hydrogens (tertiary/aromatic N) is 1. The van der Waals surface area contributed by atoms with Crippen molar-refractivity contribution < 1.29 is 4.74 Å². The van der Waals surface area contributed by atoms with E-state index >= 15 is 0 Å². The molecule has 0 bridgehead atoms. The highest BCUT2D eigenvalue weighted by Crippen LogP contribution is 2.54. The van der Waals surface area contributed by atoms with Gasteiger partial charge in [0.2, 0.25) is 13.1 Å². The van der Waals surface area contributed by atoms with Gasteiger partial charge in [0.05, 0.1) is 5.41 Å². The SMILES string of the molecule is C=CC1=C(/C=C\C)OC2(C=C1)N(BC)c1ccccc1C2(C)C. The molecule has 0 aromatic heterocycles. The van der Waals surface area contributed by atoms with Gasteiger partial charge in [-0.2, -0.15) is 0 Å². The van der Waals surface area contributed by atoms with E-state index in [1.807, 2.05) is 25.2 Å². The topological polar surface area (TPSA) is 12.5 Å². The highest BCUT2D eigenvalue weighted by atomic mass is 16.5. The molecule has 1 aromatic carbocycles. The number of benzene rings is 1. The van der Waals surface area contributed by atoms with Crippen molar-refractivity contribution in [3.8, 4) is 0 Å². The van der Waals surface area contributed by atoms with Gasteiger partial charge in [-0.3, -0.25) is 0 Å². The highest BCUT2D eigenvalue weighted by Gasteiger charge is 2.57. The minimum Gasteiger partial charge on any atom is -0.464 e. The van der Waals surface area contributed by atoms with Crippen LogP contribution in [0.4, 0.5) is 5.69 Å². The van der Waals surface area contributed by atoms with Gasteiger partial charge in [-0.05, 0) is 50.6 Å². The molecule has 0 amide bonds. The second kappa shape index (κ2) is 5.49. The van der Waals surface area contributed by atoms with E-state index in [1.54, 1.807) is 0 Å². The third kappa shape index (κ3) is 2.03. The van der Waals surface area contributed by atoms with Crippen LogP contribution in [0.15, 0.2) is 72.6 Å². The summed E-state index contributed by atoms with van der Waals surface area (Å²) in [7, 11) is 0.886. The van der Waals surface area contributed by atoms with Crippen LogP contribution in [0.3, 0.4) is 0 Å². The number of hydrogen-bond donors (Lipinski definition) is 0. The summed E-state index contributed by atoms with van der Waals surface area (Å²) in [5, 5.41) is 0. The van der Waals surface area contributed by atoms with Crippen LogP contribution in [0.2, 0.25) is 6.82 Å². The van der Waals surface area contributed by atoms with Crippen molar-refractivity contribution in [1.82, 2.24) is 0 Å². The molecule has 1 spiro atoms. The zero-order chi connectivity index (χ0) is 16.7. The fourth-order valence-corrected chi connectivity index (χ4v) is 3.83. The zero-order valence-corrected chi connectivity index (χ0v) is 14.5. The second-order valence-electron chi connectivity index (χ2n) is 6.54. The van der Waals surface area contributed by atoms with E-state index in [2.05, 4.69) is 68.5 Å². The van der Waals surface area contributed by atoms with Gasteiger partial charge < -0.3 is 9.55 Å². The first-order valence-corrected chi connectivity index (χ1v) is 8.26. The maximum atomic E-state index is 6.64. The first kappa shape index (κ1) is 15.7. The summed E-state index contributed by atoms with van der Waals surface area (Å²) in [6.45, 7) is 12.6. The fourth-order valence-electron chi connectivity index (χ4n) is 3.83. The molecule has 0 saturated heterocycles. The Morgan fingerprint density at radius 3 is 2.65 bits per heavy atom. The molecule has 2 heterocycles. The van der Waals surface area contributed by atoms with Crippen molar-refractivity contribution in [3.05, 3.63) is 78.1 Å². The summed E-state index contributed by atoms with van der Waals surface area (Å²) in [5.41, 5.74) is 2.94. The molecule has 0 fully saturated rings. The van der Waals surface area contributed by atoms with E-state index in [1.165, 1.54) is 11.3 Å². The number of rotatable bonds is 3. The normalized spacial score (nSPS) is 25.0. The molecule has 3 rings (SSSR count). The van der Waals surface area contributed by atoms with E-state index < -0.39 is 5.72 Å². The van der Waals surface area contributed by atoms with E-state index in [0.717, 1.165) is 18.7 Å². The van der Waals surface area contributed by atoms with Gasteiger partial charge in [-0.1, -0.05) is 43.8 Å². The van der Waals surface area contributed by atoms with Gasteiger partial charge in [-0.15, -0.1) is 0 Å². The summed E-state index contributed by atoms with van der Waals surface area (Å²) in [6.07, 6.45) is 10.2. The maximum absolute atomic E-state index is 6.64. The molecule has 1 atom stereocenters. The highest BCUT2D eigenvalue weighted by molar-refractivity contribution is 6.41. The van der Waals surface area contributed by atoms with E-state index in [-0.39, 0.29) is 5.41 Å². The van der Waals surface area contributed by atoms with Crippen LogP contribution in [0.1, 0.15) is 26.3 Å². The Morgan fingerprint density at radius 2 is 2.00 bits per heavy atom. The van der Waals surface area contributed by atoms with E-state index in [9.17, 15) is 0 Å². The second-order valence-corrected chi connectivity index (χ2v) is 6.54. The monoisotopic (exact) mass is 305 g/mol. The van der Waals surface area contributed by atoms with E-state index in [4.69, 9.17) is 4.74 Å². The molecule has 3 heteroatoms. The summed E-state index contributed by atoms with van der Waals surface area (Å²) in [6, 6.07) is 8.61. The van der Waals surface area contributed by atoms with Gasteiger partial charge in [0.15, 0.2) is 0 Å². The number of hydrogen-bond acceptors (Lipinski definition) is 2. The third-order valence-electron chi connectivity index (χ3n) is 5.06. The van der Waals surface area contributed by atoms with Gasteiger partial charge in [-0.25, -0.2) is 0 Å². The molecule has 23 heavy (non-hydrogen) atoms. The lowest BCUT2D eigenvalue weighted by Gasteiger charge is -2.47. The van der Waals surface area contributed by atoms with Gasteiger partial charge in [0, 0.05) is 11.3 Å². The first-order valence-electron chi connectivity index (χ1n) is 8.26. The van der Waals surface area contributed by atoms with Crippen LogP contribution in [-0.4, -0.2) is 13.1 Å². The molecule has 1 aromatic rings. The Kier molecular flexibility index (Phi) is 3.75. The van der Waals surface area contributed by atoms with Crippen LogP contribution in [0.5, 0.6) is 0 Å². The van der Waals surface area contributed by atoms with Crippen molar-refractivity contribution in [2.75, 3.05) is 4.81 Å². The molecule has 0 radical (unpaired) electrons. The number of fused-ring (bicyclic) bond motifs is 1. The molecule has 0 aliphatic carbocycles. The molecular weight excluding hydrogens is 281 g/mol. The quantitative estimate of drug-likeness (QED) is 0.763.